The molecular weight excluding hydrogens is 841 g/mol. The Kier molecular flexibility index (Phi) is 17.6. The maximum absolute atomic E-state index is 13.3. The standard InChI is InChI=1S/C50H58N8O4S2/c1-33(2)31-61-43-27-41(47(59)53-29-35-17-9-7-10-18-35)55-45-37(43)21-15-23-39(45)57-49(63)51-25-13-5-6-14-26-52-50(64)58-40-24-16-22-38-44(62-32-34(3)4)28-42(56-46(38)40)48(60)54-30-36-19-11-8-12-20-36/h7-12,15-24,27-28,33-34H,5-6,13-14,25-26,29-32H2,1-4H3,(H,53,59)(H,54,60)(H2,51,57,63)(H2,52,58,64). The summed E-state index contributed by atoms with van der Waals surface area (Å²) in [6.45, 7) is 11.5. The van der Waals surface area contributed by atoms with E-state index in [0.717, 1.165) is 47.6 Å². The third-order valence-electron chi connectivity index (χ3n) is 9.98. The van der Waals surface area contributed by atoms with E-state index >= 15 is 0 Å². The van der Waals surface area contributed by atoms with Gasteiger partial charge in [0.1, 0.15) is 22.9 Å². The molecule has 2 heterocycles. The largest absolute Gasteiger partial charge is 0.493 e. The second-order valence-corrected chi connectivity index (χ2v) is 17.2. The lowest BCUT2D eigenvalue weighted by molar-refractivity contribution is 0.0938. The number of pyridine rings is 2. The first-order chi connectivity index (χ1) is 31.0. The first kappa shape index (κ1) is 47.1. The maximum atomic E-state index is 13.3. The second kappa shape index (κ2) is 23.9. The Labute approximate surface area is 386 Å². The summed E-state index contributed by atoms with van der Waals surface area (Å²) in [6, 6.07) is 34.5. The molecule has 2 aromatic heterocycles. The fourth-order valence-electron chi connectivity index (χ4n) is 6.70. The molecule has 0 saturated carbocycles. The zero-order valence-electron chi connectivity index (χ0n) is 37.0. The summed E-state index contributed by atoms with van der Waals surface area (Å²) in [5.41, 5.74) is 5.09. The van der Waals surface area contributed by atoms with Gasteiger partial charge in [0.25, 0.3) is 11.8 Å². The van der Waals surface area contributed by atoms with Gasteiger partial charge in [-0.15, -0.1) is 0 Å². The van der Waals surface area contributed by atoms with Gasteiger partial charge in [0.05, 0.1) is 35.6 Å². The van der Waals surface area contributed by atoms with Crippen molar-refractivity contribution < 1.29 is 19.1 Å². The van der Waals surface area contributed by atoms with Gasteiger partial charge in [-0.05, 0) is 84.5 Å². The number of hydrogen-bond acceptors (Lipinski definition) is 8. The van der Waals surface area contributed by atoms with Gasteiger partial charge in [0.15, 0.2) is 10.2 Å². The number of fused-ring (bicyclic) bond motifs is 2. The number of nitrogens with zero attached hydrogens (tertiary/aromatic N) is 2. The van der Waals surface area contributed by atoms with Crippen LogP contribution in [0.25, 0.3) is 21.8 Å². The average molecular weight is 899 g/mol. The molecule has 0 spiro atoms. The van der Waals surface area contributed by atoms with Gasteiger partial charge in [-0.2, -0.15) is 0 Å². The van der Waals surface area contributed by atoms with E-state index in [1.54, 1.807) is 12.1 Å². The molecule has 6 aromatic rings. The van der Waals surface area contributed by atoms with Crippen LogP contribution in [0.1, 0.15) is 85.5 Å². The normalized spacial score (nSPS) is 11.0. The molecular formula is C50H58N8O4S2. The smallest absolute Gasteiger partial charge is 0.270 e. The average Bonchev–Trinajstić information content (AvgIpc) is 3.30. The van der Waals surface area contributed by atoms with Crippen LogP contribution in [0, 0.1) is 11.8 Å². The zero-order chi connectivity index (χ0) is 45.3. The Morgan fingerprint density at radius 2 is 0.938 bits per heavy atom. The summed E-state index contributed by atoms with van der Waals surface area (Å²) in [5, 5.41) is 21.7. The van der Waals surface area contributed by atoms with Crippen molar-refractivity contribution in [3.8, 4) is 11.5 Å². The highest BCUT2D eigenvalue weighted by molar-refractivity contribution is 7.80. The van der Waals surface area contributed by atoms with Crippen LogP contribution in [0.15, 0.2) is 109 Å². The van der Waals surface area contributed by atoms with E-state index in [1.807, 2.05) is 97.1 Å². The summed E-state index contributed by atoms with van der Waals surface area (Å²) in [4.78, 5) is 36.2. The second-order valence-electron chi connectivity index (χ2n) is 16.3. The minimum atomic E-state index is -0.288. The van der Waals surface area contributed by atoms with E-state index in [4.69, 9.17) is 43.9 Å². The van der Waals surface area contributed by atoms with Crippen molar-refractivity contribution in [2.45, 2.75) is 66.5 Å². The van der Waals surface area contributed by atoms with E-state index in [2.05, 4.69) is 59.6 Å². The lowest BCUT2D eigenvalue weighted by Crippen LogP contribution is -2.30. The fraction of sp³-hybridized carbons (Fsp3) is 0.320. The first-order valence-corrected chi connectivity index (χ1v) is 22.7. The van der Waals surface area contributed by atoms with Crippen LogP contribution in [0.3, 0.4) is 0 Å². The highest BCUT2D eigenvalue weighted by atomic mass is 32.1. The van der Waals surface area contributed by atoms with Crippen LogP contribution in [-0.2, 0) is 13.1 Å². The summed E-state index contributed by atoms with van der Waals surface area (Å²) in [7, 11) is 0. The van der Waals surface area contributed by atoms with Gasteiger partial charge in [-0.3, -0.25) is 9.59 Å². The molecule has 0 radical (unpaired) electrons. The summed E-state index contributed by atoms with van der Waals surface area (Å²) in [6.07, 6.45) is 3.82. The molecule has 0 aliphatic rings. The van der Waals surface area contributed by atoms with Crippen molar-refractivity contribution in [2.75, 3.05) is 36.9 Å². The number of rotatable bonds is 21. The van der Waals surface area contributed by atoms with Crippen LogP contribution in [0.2, 0.25) is 0 Å². The third-order valence-corrected chi connectivity index (χ3v) is 10.5. The first-order valence-electron chi connectivity index (χ1n) is 21.9. The minimum absolute atomic E-state index is 0.267. The predicted octanol–water partition coefficient (Wildman–Crippen LogP) is 9.55. The van der Waals surface area contributed by atoms with Gasteiger partial charge in [0, 0.05) is 49.1 Å². The number of anilines is 2. The summed E-state index contributed by atoms with van der Waals surface area (Å²) in [5.74, 6) is 1.21. The van der Waals surface area contributed by atoms with Crippen molar-refractivity contribution in [1.82, 2.24) is 31.2 Å². The molecule has 0 atom stereocenters. The minimum Gasteiger partial charge on any atom is -0.493 e. The number of hydrogen-bond donors (Lipinski definition) is 6. The van der Waals surface area contributed by atoms with E-state index in [1.165, 1.54) is 0 Å². The van der Waals surface area contributed by atoms with E-state index in [-0.39, 0.29) is 23.2 Å². The molecule has 12 nitrogen and oxygen atoms in total. The Balaban J connectivity index is 0.972. The molecule has 2 amide bonds. The molecule has 0 aliphatic heterocycles. The van der Waals surface area contributed by atoms with Crippen LogP contribution in [-0.4, -0.2) is 58.3 Å². The van der Waals surface area contributed by atoms with Crippen LogP contribution in [0.4, 0.5) is 11.4 Å². The molecule has 6 rings (SSSR count). The number of amides is 2. The Morgan fingerprint density at radius 3 is 1.33 bits per heavy atom. The molecule has 64 heavy (non-hydrogen) atoms. The zero-order valence-corrected chi connectivity index (χ0v) is 38.6. The van der Waals surface area contributed by atoms with E-state index in [0.29, 0.717) is 95.4 Å². The number of unbranched alkanes of at least 4 members (excludes halogenated alkanes) is 3. The number of para-hydroxylation sites is 2. The molecule has 0 bridgehead atoms. The summed E-state index contributed by atoms with van der Waals surface area (Å²) >= 11 is 11.4. The van der Waals surface area contributed by atoms with Crippen molar-refractivity contribution in [1.29, 1.82) is 0 Å². The molecule has 14 heteroatoms. The fourth-order valence-corrected chi connectivity index (χ4v) is 7.12. The van der Waals surface area contributed by atoms with Crippen molar-refractivity contribution in [2.24, 2.45) is 11.8 Å². The lowest BCUT2D eigenvalue weighted by atomic mass is 10.1. The predicted molar refractivity (Wildman–Crippen MR) is 266 cm³/mol. The number of carbonyl (C=O) groups is 2. The van der Waals surface area contributed by atoms with Gasteiger partial charge < -0.3 is 41.4 Å². The van der Waals surface area contributed by atoms with Gasteiger partial charge in [0.2, 0.25) is 0 Å². The van der Waals surface area contributed by atoms with Gasteiger partial charge >= 0.3 is 0 Å². The Hall–Kier alpha value is -6.38. The molecule has 0 saturated heterocycles. The molecule has 0 unspecified atom stereocenters. The number of nitrogens with one attached hydrogen (secondary N) is 6. The molecule has 4 aromatic carbocycles. The maximum Gasteiger partial charge on any atom is 0.270 e. The van der Waals surface area contributed by atoms with Crippen molar-refractivity contribution >= 4 is 79.7 Å². The number of benzene rings is 4. The number of aromatic nitrogens is 2. The summed E-state index contributed by atoms with van der Waals surface area (Å²) < 4.78 is 12.4. The SMILES string of the molecule is CC(C)COc1cc(C(=O)NCc2ccccc2)nc2c(NC(=S)NCCCCCCNC(=S)Nc3cccc4c(OCC(C)C)cc(C(=O)NCc5ccccc5)nc34)cccc12. The topological polar surface area (TPSA) is 151 Å². The highest BCUT2D eigenvalue weighted by Crippen LogP contribution is 2.32. The Morgan fingerprint density at radius 1 is 0.531 bits per heavy atom. The number of thiocarbonyl (C=S) groups is 2. The van der Waals surface area contributed by atoms with Gasteiger partial charge in [-0.1, -0.05) is 113 Å². The van der Waals surface area contributed by atoms with Crippen molar-refractivity contribution in [3.05, 3.63) is 132 Å². The molecule has 0 fully saturated rings. The molecule has 6 N–H and O–H groups in total. The molecule has 334 valence electrons. The van der Waals surface area contributed by atoms with Crippen LogP contribution in [0.5, 0.6) is 11.5 Å². The van der Waals surface area contributed by atoms with Crippen LogP contribution >= 0.6 is 24.4 Å². The lowest BCUT2D eigenvalue weighted by Gasteiger charge is -2.16. The van der Waals surface area contributed by atoms with E-state index in [9.17, 15) is 9.59 Å². The quantitative estimate of drug-likeness (QED) is 0.0302. The highest BCUT2D eigenvalue weighted by Gasteiger charge is 2.18. The van der Waals surface area contributed by atoms with E-state index < -0.39 is 0 Å². The Bertz CT molecular complexity index is 2350. The van der Waals surface area contributed by atoms with Gasteiger partial charge in [-0.25, -0.2) is 9.97 Å². The van der Waals surface area contributed by atoms with Crippen LogP contribution < -0.4 is 41.4 Å². The van der Waals surface area contributed by atoms with Crippen molar-refractivity contribution in [3.63, 3.8) is 0 Å². The number of ether oxygens (including phenoxy) is 2. The monoisotopic (exact) mass is 898 g/mol. The number of carbonyl (C=O) groups excluding carboxylic acids is 2. The third kappa shape index (κ3) is 14.1. The molecule has 0 aliphatic carbocycles.